The van der Waals surface area contributed by atoms with Gasteiger partial charge in [0.2, 0.25) is 0 Å². The quantitative estimate of drug-likeness (QED) is 0.769. The van der Waals surface area contributed by atoms with E-state index in [4.69, 9.17) is 20.7 Å². The highest BCUT2D eigenvalue weighted by Gasteiger charge is 2.13. The number of benzene rings is 1. The average Bonchev–Trinajstić information content (AvgIpc) is 2.03. The lowest BCUT2D eigenvalue weighted by molar-refractivity contribution is 0.562. The van der Waals surface area contributed by atoms with Crippen LogP contribution in [-0.2, 0) is 22.2 Å². The van der Waals surface area contributed by atoms with Crippen LogP contribution in [0.3, 0.4) is 0 Å². The maximum Gasteiger partial charge on any atom is 0.188 e. The highest BCUT2D eigenvalue weighted by molar-refractivity contribution is 7.80. The van der Waals surface area contributed by atoms with Crippen LogP contribution in [0.4, 0.5) is 0 Å². The van der Waals surface area contributed by atoms with Crippen LogP contribution in [0.5, 0.6) is 0 Å². The second-order valence-electron chi connectivity index (χ2n) is 2.07. The summed E-state index contributed by atoms with van der Waals surface area (Å²) in [6.07, 6.45) is 0. The molecule has 0 radical (unpaired) electrons. The molecule has 0 fully saturated rings. The van der Waals surface area contributed by atoms with E-state index in [2.05, 4.69) is 0 Å². The van der Waals surface area contributed by atoms with E-state index in [0.717, 1.165) is 0 Å². The molecule has 13 heavy (non-hydrogen) atoms. The van der Waals surface area contributed by atoms with E-state index in [-0.39, 0.29) is 14.8 Å². The van der Waals surface area contributed by atoms with Crippen molar-refractivity contribution >= 4 is 33.8 Å². The Morgan fingerprint density at radius 3 is 1.77 bits per heavy atom. The van der Waals surface area contributed by atoms with Crippen molar-refractivity contribution < 1.29 is 17.5 Å². The normalized spacial score (nSPS) is 15.3. The van der Waals surface area contributed by atoms with Crippen molar-refractivity contribution in [3.05, 3.63) is 23.2 Å². The lowest BCUT2D eigenvalue weighted by Gasteiger charge is -2.02. The van der Waals surface area contributed by atoms with Crippen molar-refractivity contribution in [2.24, 2.45) is 0 Å². The van der Waals surface area contributed by atoms with Crippen molar-refractivity contribution in [2.75, 3.05) is 0 Å². The predicted octanol–water partition coefficient (Wildman–Crippen LogP) is 1.50. The summed E-state index contributed by atoms with van der Waals surface area (Å²) >= 11 is 1.10. The highest BCUT2D eigenvalue weighted by atomic mass is 35.5. The second-order valence-corrected chi connectivity index (χ2v) is 4.32. The zero-order valence-electron chi connectivity index (χ0n) is 6.14. The van der Waals surface area contributed by atoms with Crippen molar-refractivity contribution in [1.29, 1.82) is 0 Å². The monoisotopic (exact) mass is 240 g/mol. The minimum absolute atomic E-state index is 0.0680. The molecule has 7 heteroatoms. The van der Waals surface area contributed by atoms with Crippen LogP contribution in [0.1, 0.15) is 0 Å². The summed E-state index contributed by atoms with van der Waals surface area (Å²) in [5, 5.41) is -0.149. The molecule has 1 rings (SSSR count). The predicted molar refractivity (Wildman–Crippen MR) is 49.5 cm³/mol. The Bertz CT molecular complexity index is 347. The van der Waals surface area contributed by atoms with Crippen molar-refractivity contribution in [3.63, 3.8) is 0 Å². The summed E-state index contributed by atoms with van der Waals surface area (Å²) in [5.74, 6) is 0. The van der Waals surface area contributed by atoms with E-state index in [9.17, 15) is 8.42 Å². The van der Waals surface area contributed by atoms with Crippen molar-refractivity contribution in [1.82, 2.24) is 0 Å². The molecule has 0 spiro atoms. The third kappa shape index (κ3) is 2.35. The molecule has 0 heterocycles. The minimum Gasteiger partial charge on any atom is -0.302 e. The smallest absolute Gasteiger partial charge is 0.188 e. The van der Waals surface area contributed by atoms with E-state index < -0.39 is 22.2 Å². The topological polar surface area (TPSA) is 74.6 Å². The molecule has 0 amide bonds. The van der Waals surface area contributed by atoms with Crippen LogP contribution in [0.2, 0.25) is 5.02 Å². The van der Waals surface area contributed by atoms with Crippen LogP contribution in [-0.4, -0.2) is 17.5 Å². The fourth-order valence-corrected chi connectivity index (χ4v) is 2.26. The van der Waals surface area contributed by atoms with Gasteiger partial charge in [0.1, 0.15) is 0 Å². The van der Waals surface area contributed by atoms with Gasteiger partial charge in [-0.05, 0) is 12.1 Å². The maximum atomic E-state index is 10.6. The van der Waals surface area contributed by atoms with E-state index in [0.29, 0.717) is 0 Å². The first-order valence-electron chi connectivity index (χ1n) is 3.04. The lowest BCUT2D eigenvalue weighted by Crippen LogP contribution is -1.95. The summed E-state index contributed by atoms with van der Waals surface area (Å²) < 4.78 is 38.7. The molecule has 0 aliphatic rings. The first-order valence-corrected chi connectivity index (χ1v) is 5.63. The third-order valence-electron chi connectivity index (χ3n) is 1.30. The van der Waals surface area contributed by atoms with E-state index in [1.54, 1.807) is 0 Å². The second kappa shape index (κ2) is 4.30. The summed E-state index contributed by atoms with van der Waals surface area (Å²) in [4.78, 5) is -0.136. The fraction of sp³-hybridized carbons (Fsp3) is 0. The summed E-state index contributed by atoms with van der Waals surface area (Å²) in [6.45, 7) is 0. The first-order chi connectivity index (χ1) is 6.04. The van der Waals surface area contributed by atoms with Gasteiger partial charge in [-0.1, -0.05) is 17.7 Å². The molecule has 0 aromatic heterocycles. The molecule has 1 aromatic rings. The van der Waals surface area contributed by atoms with Crippen LogP contribution in [0.15, 0.2) is 28.0 Å². The largest absolute Gasteiger partial charge is 0.302 e. The van der Waals surface area contributed by atoms with E-state index >= 15 is 0 Å². The Hall–Kier alpha value is -0.270. The average molecular weight is 241 g/mol. The Morgan fingerprint density at radius 2 is 1.46 bits per heavy atom. The van der Waals surface area contributed by atoms with E-state index in [1.807, 2.05) is 0 Å². The lowest BCUT2D eigenvalue weighted by atomic mass is 10.4. The van der Waals surface area contributed by atoms with Gasteiger partial charge in [0.15, 0.2) is 22.2 Å². The van der Waals surface area contributed by atoms with Gasteiger partial charge >= 0.3 is 0 Å². The van der Waals surface area contributed by atoms with Crippen LogP contribution in [0.25, 0.3) is 0 Å². The fourth-order valence-electron chi connectivity index (χ4n) is 0.760. The molecule has 72 valence electrons. The van der Waals surface area contributed by atoms with Gasteiger partial charge < -0.3 is 9.11 Å². The van der Waals surface area contributed by atoms with Crippen molar-refractivity contribution in [3.8, 4) is 0 Å². The van der Waals surface area contributed by atoms with Gasteiger partial charge in [-0.15, -0.1) is 0 Å². The molecule has 0 aliphatic heterocycles. The molecule has 1 aromatic carbocycles. The van der Waals surface area contributed by atoms with Gasteiger partial charge in [0.05, 0.1) is 14.8 Å². The van der Waals surface area contributed by atoms with Gasteiger partial charge in [-0.3, -0.25) is 0 Å². The zero-order chi connectivity index (χ0) is 10.0. The molecule has 2 unspecified atom stereocenters. The van der Waals surface area contributed by atoms with Gasteiger partial charge in [0, 0.05) is 0 Å². The molecule has 2 N–H and O–H groups in total. The molecule has 0 aliphatic carbocycles. The van der Waals surface area contributed by atoms with Gasteiger partial charge in [0.25, 0.3) is 0 Å². The van der Waals surface area contributed by atoms with Gasteiger partial charge in [-0.25, -0.2) is 8.42 Å². The Labute approximate surface area is 84.5 Å². The molecule has 0 saturated carbocycles. The molecule has 0 bridgehead atoms. The SMILES string of the molecule is O=S(O)c1cccc(S(=O)O)c1Cl. The Balaban J connectivity index is 3.35. The Kier molecular flexibility index (Phi) is 3.57. The molecular formula is C6H5ClO4S2. The summed E-state index contributed by atoms with van der Waals surface area (Å²) in [5.41, 5.74) is 0. The summed E-state index contributed by atoms with van der Waals surface area (Å²) in [7, 11) is 0. The number of halogens is 1. The number of rotatable bonds is 2. The number of hydrogen-bond donors (Lipinski definition) is 2. The minimum atomic E-state index is -2.24. The maximum absolute atomic E-state index is 10.6. The van der Waals surface area contributed by atoms with Crippen LogP contribution < -0.4 is 0 Å². The molecule has 4 nitrogen and oxygen atoms in total. The molecule has 2 atom stereocenters. The van der Waals surface area contributed by atoms with Gasteiger partial charge in [-0.2, -0.15) is 0 Å². The summed E-state index contributed by atoms with van der Waals surface area (Å²) in [6, 6.07) is 4.02. The van der Waals surface area contributed by atoms with E-state index in [1.165, 1.54) is 18.2 Å². The zero-order valence-corrected chi connectivity index (χ0v) is 8.53. The first kappa shape index (κ1) is 10.8. The molecular weight excluding hydrogens is 236 g/mol. The van der Waals surface area contributed by atoms with Crippen LogP contribution >= 0.6 is 11.6 Å². The van der Waals surface area contributed by atoms with Crippen molar-refractivity contribution in [2.45, 2.75) is 9.79 Å². The highest BCUT2D eigenvalue weighted by Crippen LogP contribution is 2.25. The number of hydrogen-bond acceptors (Lipinski definition) is 2. The third-order valence-corrected chi connectivity index (χ3v) is 3.37. The van der Waals surface area contributed by atoms with Crippen LogP contribution in [0, 0.1) is 0 Å². The standard InChI is InChI=1S/C6H5ClO4S2/c7-6-4(12(8)9)2-1-3-5(6)13(10)11/h1-3H,(H,8,9)(H,10,11). The molecule has 0 saturated heterocycles. The Morgan fingerprint density at radius 1 is 1.08 bits per heavy atom.